The second-order valence-electron chi connectivity index (χ2n) is 4.57. The predicted octanol–water partition coefficient (Wildman–Crippen LogP) is 2.02. The Balaban J connectivity index is 1.79. The number of aryl methyl sites for hydroxylation is 1. The molecule has 1 atom stereocenters. The molecule has 0 spiro atoms. The highest BCUT2D eigenvalue weighted by molar-refractivity contribution is 5.22. The van der Waals surface area contributed by atoms with Crippen LogP contribution in [-0.4, -0.2) is 20.8 Å². The Morgan fingerprint density at radius 1 is 1.22 bits per heavy atom. The van der Waals surface area contributed by atoms with E-state index in [2.05, 4.69) is 53.5 Å². The Morgan fingerprint density at radius 3 is 2.56 bits per heavy atom. The maximum Gasteiger partial charge on any atom is 0.137 e. The van der Waals surface area contributed by atoms with Gasteiger partial charge in [-0.1, -0.05) is 31.2 Å². The molecule has 0 saturated carbocycles. The molecule has 2 aromatic rings. The van der Waals surface area contributed by atoms with E-state index >= 15 is 0 Å². The minimum absolute atomic E-state index is 0.373. The molecule has 0 aliphatic rings. The van der Waals surface area contributed by atoms with Crippen LogP contribution >= 0.6 is 0 Å². The zero-order valence-corrected chi connectivity index (χ0v) is 11.0. The minimum atomic E-state index is 0.373. The van der Waals surface area contributed by atoms with E-state index in [1.165, 1.54) is 11.1 Å². The highest BCUT2D eigenvalue weighted by Crippen LogP contribution is 2.05. The van der Waals surface area contributed by atoms with Crippen molar-refractivity contribution in [1.82, 2.24) is 20.1 Å². The Labute approximate surface area is 108 Å². The van der Waals surface area contributed by atoms with Crippen LogP contribution in [0.1, 0.15) is 25.0 Å². The van der Waals surface area contributed by atoms with E-state index in [0.29, 0.717) is 6.04 Å². The molecular formula is C14H20N4. The standard InChI is InChI=1S/C14H20N4/c1-3-13-4-6-14(7-5-13)8-16-12(2)9-18-11-15-10-17-18/h4-7,10-12,16H,3,8-9H2,1-2H3. The van der Waals surface area contributed by atoms with Crippen LogP contribution in [-0.2, 0) is 19.5 Å². The molecule has 2 rings (SSSR count). The Morgan fingerprint density at radius 2 is 1.94 bits per heavy atom. The zero-order valence-electron chi connectivity index (χ0n) is 11.0. The maximum absolute atomic E-state index is 4.10. The van der Waals surface area contributed by atoms with Gasteiger partial charge in [0.2, 0.25) is 0 Å². The fraction of sp³-hybridized carbons (Fsp3) is 0.429. The van der Waals surface area contributed by atoms with Gasteiger partial charge in [-0.05, 0) is 24.5 Å². The van der Waals surface area contributed by atoms with Crippen LogP contribution in [0.25, 0.3) is 0 Å². The number of nitrogens with zero attached hydrogens (tertiary/aromatic N) is 3. The van der Waals surface area contributed by atoms with E-state index < -0.39 is 0 Å². The summed E-state index contributed by atoms with van der Waals surface area (Å²) in [5, 5.41) is 7.59. The molecular weight excluding hydrogens is 224 g/mol. The summed E-state index contributed by atoms with van der Waals surface area (Å²) in [6.45, 7) is 6.06. The van der Waals surface area contributed by atoms with Crippen molar-refractivity contribution in [2.45, 2.75) is 39.4 Å². The third-order valence-electron chi connectivity index (χ3n) is 3.01. The molecule has 0 aliphatic heterocycles. The van der Waals surface area contributed by atoms with Gasteiger partial charge in [0.05, 0.1) is 6.54 Å². The molecule has 1 heterocycles. The fourth-order valence-electron chi connectivity index (χ4n) is 1.86. The number of nitrogens with one attached hydrogen (secondary N) is 1. The van der Waals surface area contributed by atoms with Crippen molar-refractivity contribution in [3.8, 4) is 0 Å². The Kier molecular flexibility index (Phi) is 4.47. The summed E-state index contributed by atoms with van der Waals surface area (Å²) >= 11 is 0. The third-order valence-corrected chi connectivity index (χ3v) is 3.01. The average Bonchev–Trinajstić information content (AvgIpc) is 2.90. The summed E-state index contributed by atoms with van der Waals surface area (Å²) in [6, 6.07) is 9.14. The third kappa shape index (κ3) is 3.67. The highest BCUT2D eigenvalue weighted by atomic mass is 15.3. The first-order chi connectivity index (χ1) is 8.78. The normalized spacial score (nSPS) is 12.6. The molecule has 0 aliphatic carbocycles. The van der Waals surface area contributed by atoms with Crippen LogP contribution in [0.2, 0.25) is 0 Å². The van der Waals surface area contributed by atoms with Gasteiger partial charge in [-0.2, -0.15) is 5.10 Å². The summed E-state index contributed by atoms with van der Waals surface area (Å²) in [6.07, 6.45) is 4.40. The second-order valence-corrected chi connectivity index (χ2v) is 4.57. The van der Waals surface area contributed by atoms with Gasteiger partial charge in [-0.3, -0.25) is 4.68 Å². The van der Waals surface area contributed by atoms with Crippen LogP contribution in [0.4, 0.5) is 0 Å². The number of benzene rings is 1. The van der Waals surface area contributed by atoms with E-state index in [1.54, 1.807) is 12.7 Å². The lowest BCUT2D eigenvalue weighted by Gasteiger charge is -2.13. The average molecular weight is 244 g/mol. The molecule has 1 unspecified atom stereocenters. The van der Waals surface area contributed by atoms with Crippen LogP contribution < -0.4 is 5.32 Å². The molecule has 4 heteroatoms. The molecule has 0 fully saturated rings. The van der Waals surface area contributed by atoms with Crippen molar-refractivity contribution >= 4 is 0 Å². The molecule has 96 valence electrons. The SMILES string of the molecule is CCc1ccc(CNC(C)Cn2cncn2)cc1. The lowest BCUT2D eigenvalue weighted by Crippen LogP contribution is -2.30. The fourth-order valence-corrected chi connectivity index (χ4v) is 1.86. The lowest BCUT2D eigenvalue weighted by atomic mass is 10.1. The van der Waals surface area contributed by atoms with Crippen molar-refractivity contribution in [2.75, 3.05) is 0 Å². The molecule has 0 bridgehead atoms. The summed E-state index contributed by atoms with van der Waals surface area (Å²) in [7, 11) is 0. The number of hydrogen-bond acceptors (Lipinski definition) is 3. The van der Waals surface area contributed by atoms with Gasteiger partial charge in [0, 0.05) is 12.6 Å². The van der Waals surface area contributed by atoms with Crippen molar-refractivity contribution in [3.05, 3.63) is 48.0 Å². The molecule has 4 nitrogen and oxygen atoms in total. The lowest BCUT2D eigenvalue weighted by molar-refractivity contribution is 0.450. The Hall–Kier alpha value is -1.68. The first-order valence-electron chi connectivity index (χ1n) is 6.41. The summed E-state index contributed by atoms with van der Waals surface area (Å²) in [5.41, 5.74) is 2.70. The molecule has 1 N–H and O–H groups in total. The maximum atomic E-state index is 4.10. The number of rotatable bonds is 6. The first kappa shape index (κ1) is 12.8. The minimum Gasteiger partial charge on any atom is -0.308 e. The van der Waals surface area contributed by atoms with E-state index in [0.717, 1.165) is 19.5 Å². The van der Waals surface area contributed by atoms with Gasteiger partial charge in [-0.25, -0.2) is 4.98 Å². The summed E-state index contributed by atoms with van der Waals surface area (Å²) in [4.78, 5) is 3.94. The second kappa shape index (κ2) is 6.31. The van der Waals surface area contributed by atoms with Gasteiger partial charge in [0.25, 0.3) is 0 Å². The largest absolute Gasteiger partial charge is 0.308 e. The van der Waals surface area contributed by atoms with Gasteiger partial charge in [-0.15, -0.1) is 0 Å². The van der Waals surface area contributed by atoms with Crippen LogP contribution in [0, 0.1) is 0 Å². The molecule has 0 saturated heterocycles. The first-order valence-corrected chi connectivity index (χ1v) is 6.41. The smallest absolute Gasteiger partial charge is 0.137 e. The van der Waals surface area contributed by atoms with Crippen molar-refractivity contribution in [2.24, 2.45) is 0 Å². The predicted molar refractivity (Wildman–Crippen MR) is 72.1 cm³/mol. The summed E-state index contributed by atoms with van der Waals surface area (Å²) in [5.74, 6) is 0. The van der Waals surface area contributed by atoms with Crippen molar-refractivity contribution in [3.63, 3.8) is 0 Å². The molecule has 0 amide bonds. The van der Waals surface area contributed by atoms with E-state index in [4.69, 9.17) is 0 Å². The number of hydrogen-bond donors (Lipinski definition) is 1. The van der Waals surface area contributed by atoms with Gasteiger partial charge >= 0.3 is 0 Å². The van der Waals surface area contributed by atoms with Crippen LogP contribution in [0.3, 0.4) is 0 Å². The van der Waals surface area contributed by atoms with E-state index in [-0.39, 0.29) is 0 Å². The topological polar surface area (TPSA) is 42.7 Å². The monoisotopic (exact) mass is 244 g/mol. The summed E-state index contributed by atoms with van der Waals surface area (Å²) < 4.78 is 1.85. The quantitative estimate of drug-likeness (QED) is 0.845. The van der Waals surface area contributed by atoms with Gasteiger partial charge in [0.15, 0.2) is 0 Å². The van der Waals surface area contributed by atoms with E-state index in [1.807, 2.05) is 4.68 Å². The van der Waals surface area contributed by atoms with Crippen LogP contribution in [0.15, 0.2) is 36.9 Å². The van der Waals surface area contributed by atoms with Crippen LogP contribution in [0.5, 0.6) is 0 Å². The van der Waals surface area contributed by atoms with Crippen molar-refractivity contribution < 1.29 is 0 Å². The highest BCUT2D eigenvalue weighted by Gasteiger charge is 2.03. The van der Waals surface area contributed by atoms with Gasteiger partial charge in [0.1, 0.15) is 12.7 Å². The number of aromatic nitrogens is 3. The Bertz CT molecular complexity index is 447. The molecule has 0 radical (unpaired) electrons. The van der Waals surface area contributed by atoms with E-state index in [9.17, 15) is 0 Å². The zero-order chi connectivity index (χ0) is 12.8. The molecule has 18 heavy (non-hydrogen) atoms. The molecule has 1 aromatic carbocycles. The van der Waals surface area contributed by atoms with Crippen molar-refractivity contribution in [1.29, 1.82) is 0 Å². The van der Waals surface area contributed by atoms with Gasteiger partial charge < -0.3 is 5.32 Å². The molecule has 1 aromatic heterocycles.